The maximum Gasteiger partial charge on any atom is 0.191 e. The fraction of sp³-hybridized carbons (Fsp3) is 0.182. The average Bonchev–Trinajstić information content (AvgIpc) is 2.18. The van der Waals surface area contributed by atoms with Crippen LogP contribution in [0.1, 0.15) is 22.8 Å². The number of carbonyl (C=O) groups is 1. The average molecular weight is 196 g/mol. The minimum absolute atomic E-state index is 0.330. The molecule has 1 aromatic rings. The molecule has 0 saturated carbocycles. The van der Waals surface area contributed by atoms with Gasteiger partial charge in [0.15, 0.2) is 5.78 Å². The van der Waals surface area contributed by atoms with Crippen molar-refractivity contribution < 1.29 is 13.6 Å². The fourth-order valence-electron chi connectivity index (χ4n) is 1.20. The van der Waals surface area contributed by atoms with E-state index in [1.807, 2.05) is 0 Å². The van der Waals surface area contributed by atoms with Gasteiger partial charge < -0.3 is 0 Å². The lowest BCUT2D eigenvalue weighted by atomic mass is 10.0. The zero-order valence-electron chi connectivity index (χ0n) is 7.81. The molecule has 1 aromatic carbocycles. The van der Waals surface area contributed by atoms with Crippen LogP contribution < -0.4 is 0 Å². The highest BCUT2D eigenvalue weighted by molar-refractivity contribution is 6.04. The van der Waals surface area contributed by atoms with Crippen LogP contribution in [-0.4, -0.2) is 5.78 Å². The summed E-state index contributed by atoms with van der Waals surface area (Å²) in [6.07, 6.45) is 1.32. The Balaban J connectivity index is 3.39. The molecule has 0 aliphatic carbocycles. The monoisotopic (exact) mass is 196 g/mol. The Morgan fingerprint density at radius 1 is 1.50 bits per heavy atom. The lowest BCUT2D eigenvalue weighted by Crippen LogP contribution is -2.05. The van der Waals surface area contributed by atoms with E-state index in [9.17, 15) is 13.6 Å². The van der Waals surface area contributed by atoms with Crippen molar-refractivity contribution in [3.05, 3.63) is 47.5 Å². The third-order valence-electron chi connectivity index (χ3n) is 1.98. The van der Waals surface area contributed by atoms with Crippen molar-refractivity contribution in [2.45, 2.75) is 13.3 Å². The van der Waals surface area contributed by atoms with Gasteiger partial charge in [-0.15, -0.1) is 0 Å². The van der Waals surface area contributed by atoms with Crippen LogP contribution in [-0.2, 0) is 6.42 Å². The predicted molar refractivity (Wildman–Crippen MR) is 50.3 cm³/mol. The number of carbonyl (C=O) groups excluding carboxylic acids is 1. The molecule has 0 spiro atoms. The smallest absolute Gasteiger partial charge is 0.191 e. The molecule has 0 aromatic heterocycles. The Kier molecular flexibility index (Phi) is 3.12. The standard InChI is InChI=1S/C11H10F2O/c1-3-7-5-6-8(12)10(11(7)13)9(14)4-2/h4-6H,2-3H2,1H3. The summed E-state index contributed by atoms with van der Waals surface area (Å²) in [6, 6.07) is 2.43. The maximum atomic E-state index is 13.5. The predicted octanol–water partition coefficient (Wildman–Crippen LogP) is 2.90. The van der Waals surface area contributed by atoms with Crippen LogP contribution in [0.4, 0.5) is 8.78 Å². The topological polar surface area (TPSA) is 17.1 Å². The molecule has 0 fully saturated rings. The van der Waals surface area contributed by atoms with E-state index in [2.05, 4.69) is 6.58 Å². The molecule has 0 radical (unpaired) electrons. The summed E-state index contributed by atoms with van der Waals surface area (Å²) >= 11 is 0. The molecule has 3 heteroatoms. The summed E-state index contributed by atoms with van der Waals surface area (Å²) in [7, 11) is 0. The first-order chi connectivity index (χ1) is 6.61. The normalized spacial score (nSPS) is 9.93. The number of benzene rings is 1. The molecule has 0 aliphatic heterocycles. The fourth-order valence-corrected chi connectivity index (χ4v) is 1.20. The Bertz CT molecular complexity index is 383. The number of halogens is 2. The van der Waals surface area contributed by atoms with E-state index in [0.717, 1.165) is 12.1 Å². The summed E-state index contributed by atoms with van der Waals surface area (Å²) in [5.41, 5.74) is -0.184. The van der Waals surface area contributed by atoms with Crippen LogP contribution in [0.25, 0.3) is 0 Å². The molecule has 0 N–H and O–H groups in total. The molecule has 0 heterocycles. The van der Waals surface area contributed by atoms with E-state index in [0.29, 0.717) is 12.0 Å². The minimum atomic E-state index is -0.843. The highest BCUT2D eigenvalue weighted by atomic mass is 19.1. The molecule has 0 amide bonds. The summed E-state index contributed by atoms with van der Waals surface area (Å²) in [6.45, 7) is 4.93. The number of allylic oxidation sites excluding steroid dienone is 1. The Hall–Kier alpha value is -1.51. The summed E-state index contributed by atoms with van der Waals surface area (Å²) in [5, 5.41) is 0. The van der Waals surface area contributed by atoms with E-state index in [4.69, 9.17) is 0 Å². The molecular weight excluding hydrogens is 186 g/mol. The summed E-state index contributed by atoms with van der Waals surface area (Å²) in [4.78, 5) is 11.1. The van der Waals surface area contributed by atoms with Crippen molar-refractivity contribution in [3.8, 4) is 0 Å². The Morgan fingerprint density at radius 3 is 2.64 bits per heavy atom. The molecule has 0 aliphatic rings. The van der Waals surface area contributed by atoms with Gasteiger partial charge in [-0.25, -0.2) is 8.78 Å². The third kappa shape index (κ3) is 1.71. The number of ketones is 1. The molecule has 14 heavy (non-hydrogen) atoms. The second-order valence-electron chi connectivity index (χ2n) is 2.82. The van der Waals surface area contributed by atoms with Gasteiger partial charge in [0.1, 0.15) is 11.6 Å². The van der Waals surface area contributed by atoms with Crippen molar-refractivity contribution in [2.24, 2.45) is 0 Å². The van der Waals surface area contributed by atoms with E-state index >= 15 is 0 Å². The van der Waals surface area contributed by atoms with Crippen LogP contribution in [0.2, 0.25) is 0 Å². The minimum Gasteiger partial charge on any atom is -0.289 e. The molecule has 0 unspecified atom stereocenters. The first-order valence-corrected chi connectivity index (χ1v) is 4.25. The zero-order chi connectivity index (χ0) is 10.7. The lowest BCUT2D eigenvalue weighted by molar-refractivity contribution is 0.103. The summed E-state index contributed by atoms with van der Waals surface area (Å²) < 4.78 is 26.6. The number of hydrogen-bond acceptors (Lipinski definition) is 1. The maximum absolute atomic E-state index is 13.5. The van der Waals surface area contributed by atoms with Crippen molar-refractivity contribution >= 4 is 5.78 Å². The van der Waals surface area contributed by atoms with E-state index in [1.54, 1.807) is 6.92 Å². The number of rotatable bonds is 3. The van der Waals surface area contributed by atoms with Gasteiger partial charge in [0, 0.05) is 0 Å². The largest absolute Gasteiger partial charge is 0.289 e. The molecule has 1 nitrogen and oxygen atoms in total. The van der Waals surface area contributed by atoms with Crippen LogP contribution in [0.15, 0.2) is 24.8 Å². The lowest BCUT2D eigenvalue weighted by Gasteiger charge is -2.05. The van der Waals surface area contributed by atoms with Crippen molar-refractivity contribution in [1.82, 2.24) is 0 Å². The Labute approximate surface area is 81.1 Å². The van der Waals surface area contributed by atoms with Crippen LogP contribution in [0, 0.1) is 11.6 Å². The van der Waals surface area contributed by atoms with Gasteiger partial charge in [0.05, 0.1) is 5.56 Å². The van der Waals surface area contributed by atoms with Crippen molar-refractivity contribution in [1.29, 1.82) is 0 Å². The molecule has 1 rings (SSSR count). The second kappa shape index (κ2) is 4.13. The highest BCUT2D eigenvalue weighted by Crippen LogP contribution is 2.18. The molecule has 0 bridgehead atoms. The van der Waals surface area contributed by atoms with Gasteiger partial charge in [0.25, 0.3) is 0 Å². The quantitative estimate of drug-likeness (QED) is 0.536. The van der Waals surface area contributed by atoms with Gasteiger partial charge in [-0.2, -0.15) is 0 Å². The first-order valence-electron chi connectivity index (χ1n) is 4.25. The molecular formula is C11H10F2O. The van der Waals surface area contributed by atoms with Gasteiger partial charge in [-0.3, -0.25) is 4.79 Å². The first kappa shape index (κ1) is 10.6. The number of aryl methyl sites for hydroxylation is 1. The van der Waals surface area contributed by atoms with Gasteiger partial charge in [-0.1, -0.05) is 19.6 Å². The van der Waals surface area contributed by atoms with Crippen LogP contribution >= 0.6 is 0 Å². The highest BCUT2D eigenvalue weighted by Gasteiger charge is 2.17. The van der Waals surface area contributed by atoms with E-state index in [1.165, 1.54) is 6.07 Å². The SMILES string of the molecule is C=CC(=O)c1c(F)ccc(CC)c1F. The van der Waals surface area contributed by atoms with Gasteiger partial charge in [-0.05, 0) is 24.1 Å². The van der Waals surface area contributed by atoms with Crippen LogP contribution in [0.5, 0.6) is 0 Å². The van der Waals surface area contributed by atoms with Crippen molar-refractivity contribution in [2.75, 3.05) is 0 Å². The molecule has 74 valence electrons. The number of hydrogen-bond donors (Lipinski definition) is 0. The van der Waals surface area contributed by atoms with Crippen molar-refractivity contribution in [3.63, 3.8) is 0 Å². The Morgan fingerprint density at radius 2 is 2.14 bits per heavy atom. The van der Waals surface area contributed by atoms with Crippen LogP contribution in [0.3, 0.4) is 0 Å². The zero-order valence-corrected chi connectivity index (χ0v) is 7.81. The van der Waals surface area contributed by atoms with Gasteiger partial charge >= 0.3 is 0 Å². The molecule has 0 atom stereocenters. The van der Waals surface area contributed by atoms with E-state index in [-0.39, 0.29) is 0 Å². The third-order valence-corrected chi connectivity index (χ3v) is 1.98. The summed E-state index contributed by atoms with van der Waals surface area (Å²) in [5.74, 6) is -2.35. The van der Waals surface area contributed by atoms with Gasteiger partial charge in [0.2, 0.25) is 0 Å². The second-order valence-corrected chi connectivity index (χ2v) is 2.82. The van der Waals surface area contributed by atoms with E-state index < -0.39 is 23.0 Å². The molecule has 0 saturated heterocycles.